The number of β-amino-alcohol motifs (C(OH)–C–C–N with tert-alkyl or cyclic N) is 1. The van der Waals surface area contributed by atoms with Gasteiger partial charge in [-0.15, -0.1) is 0 Å². The van der Waals surface area contributed by atoms with E-state index in [1.54, 1.807) is 36.4 Å². The molecule has 4 atom stereocenters. The number of aromatic nitrogens is 3. The monoisotopic (exact) mass is 449 g/mol. The average Bonchev–Trinajstić information content (AvgIpc) is 3.05. The summed E-state index contributed by atoms with van der Waals surface area (Å²) >= 11 is 0. The van der Waals surface area contributed by atoms with Crippen molar-refractivity contribution in [2.24, 2.45) is 18.4 Å². The normalized spacial score (nSPS) is 25.3. The summed E-state index contributed by atoms with van der Waals surface area (Å²) in [6.45, 7) is 1.59. The standard InChI is InChI=1S/C23H25N5O2.CH2O2/c1-27-12-9-19(26-27)22(30)25-13-18-21(16-5-3-2-4-6-16)23(18)15-28(14-20(23)29)17-7-10-24-11-8-17;2-1-3/h2-12,18,20-21,29H,13-15H2,1H3,(H,25,30);1H,(H,2,3)/t18-,20-,21-,23-;/m1./s1. The third-order valence-electron chi connectivity index (χ3n) is 6.66. The van der Waals surface area contributed by atoms with Crippen LogP contribution in [0.15, 0.2) is 67.1 Å². The highest BCUT2D eigenvalue weighted by Crippen LogP contribution is 2.68. The van der Waals surface area contributed by atoms with E-state index >= 15 is 0 Å². The Balaban J connectivity index is 0.000000821. The van der Waals surface area contributed by atoms with Gasteiger partial charge in [-0.05, 0) is 35.6 Å². The lowest BCUT2D eigenvalue weighted by Crippen LogP contribution is -2.30. The Labute approximate surface area is 191 Å². The van der Waals surface area contributed by atoms with E-state index in [9.17, 15) is 9.90 Å². The lowest BCUT2D eigenvalue weighted by molar-refractivity contribution is -0.122. The molecule has 0 unspecified atom stereocenters. The van der Waals surface area contributed by atoms with Crippen LogP contribution in [0.1, 0.15) is 22.0 Å². The molecule has 3 N–H and O–H groups in total. The topological polar surface area (TPSA) is 121 Å². The Kier molecular flexibility index (Phi) is 6.41. The zero-order valence-corrected chi connectivity index (χ0v) is 18.3. The van der Waals surface area contributed by atoms with E-state index in [1.165, 1.54) is 5.56 Å². The van der Waals surface area contributed by atoms with Crippen LogP contribution in [0.3, 0.4) is 0 Å². The van der Waals surface area contributed by atoms with Gasteiger partial charge in [0.05, 0.1) is 6.10 Å². The number of rotatable bonds is 5. The predicted molar refractivity (Wildman–Crippen MR) is 122 cm³/mol. The fourth-order valence-electron chi connectivity index (χ4n) is 5.18. The predicted octanol–water partition coefficient (Wildman–Crippen LogP) is 1.53. The molecule has 1 saturated heterocycles. The van der Waals surface area contributed by atoms with E-state index in [2.05, 4.69) is 32.4 Å². The van der Waals surface area contributed by atoms with Gasteiger partial charge in [0.2, 0.25) is 0 Å². The van der Waals surface area contributed by atoms with Gasteiger partial charge in [-0.25, -0.2) is 0 Å². The van der Waals surface area contributed by atoms with E-state index < -0.39 is 6.10 Å². The van der Waals surface area contributed by atoms with E-state index in [0.717, 1.165) is 12.2 Å². The van der Waals surface area contributed by atoms with Crippen molar-refractivity contribution in [2.75, 3.05) is 24.5 Å². The summed E-state index contributed by atoms with van der Waals surface area (Å²) in [6, 6.07) is 16.0. The number of hydrogen-bond acceptors (Lipinski definition) is 6. The summed E-state index contributed by atoms with van der Waals surface area (Å²) < 4.78 is 1.62. The highest BCUT2D eigenvalue weighted by molar-refractivity contribution is 5.92. The Bertz CT molecular complexity index is 1090. The molecule has 1 amide bonds. The number of carbonyl (C=O) groups excluding carboxylic acids is 1. The Morgan fingerprint density at radius 2 is 1.91 bits per heavy atom. The summed E-state index contributed by atoms with van der Waals surface area (Å²) in [5.74, 6) is 0.182. The number of aryl methyl sites for hydroxylation is 1. The molecule has 3 heterocycles. The maximum atomic E-state index is 12.5. The zero-order valence-electron chi connectivity index (χ0n) is 18.3. The molecular weight excluding hydrogens is 422 g/mol. The molecule has 1 spiro atoms. The number of anilines is 1. The minimum Gasteiger partial charge on any atom is -0.483 e. The van der Waals surface area contributed by atoms with Crippen LogP contribution in [0, 0.1) is 11.3 Å². The smallest absolute Gasteiger partial charge is 0.290 e. The molecule has 5 rings (SSSR count). The number of hydrogen-bond donors (Lipinski definition) is 3. The lowest BCUT2D eigenvalue weighted by atomic mass is 9.95. The first-order chi connectivity index (χ1) is 16.0. The van der Waals surface area contributed by atoms with Crippen molar-refractivity contribution in [3.8, 4) is 0 Å². The Hall–Kier alpha value is -3.72. The molecule has 33 heavy (non-hydrogen) atoms. The molecule has 2 aliphatic rings. The number of benzene rings is 1. The van der Waals surface area contributed by atoms with Crippen LogP contribution >= 0.6 is 0 Å². The molecule has 9 heteroatoms. The van der Waals surface area contributed by atoms with Gasteiger partial charge in [-0.3, -0.25) is 19.3 Å². The summed E-state index contributed by atoms with van der Waals surface area (Å²) in [5, 5.41) is 25.3. The van der Waals surface area contributed by atoms with Crippen LogP contribution < -0.4 is 10.2 Å². The number of aliphatic hydroxyl groups is 1. The van der Waals surface area contributed by atoms with Crippen molar-refractivity contribution in [2.45, 2.75) is 12.0 Å². The third kappa shape index (κ3) is 4.31. The molecule has 9 nitrogen and oxygen atoms in total. The fraction of sp³-hybridized carbons (Fsp3) is 0.333. The minimum atomic E-state index is -0.465. The maximum Gasteiger partial charge on any atom is 0.290 e. The zero-order chi connectivity index (χ0) is 23.4. The lowest BCUT2D eigenvalue weighted by Gasteiger charge is -2.18. The number of nitrogens with one attached hydrogen (secondary N) is 1. The maximum absolute atomic E-state index is 12.5. The molecule has 1 aliphatic heterocycles. The Morgan fingerprint density at radius 3 is 2.55 bits per heavy atom. The number of carboxylic acid groups (broad SMARTS) is 1. The second-order valence-corrected chi connectivity index (χ2v) is 8.40. The molecule has 1 saturated carbocycles. The van der Waals surface area contributed by atoms with Crippen LogP contribution in [-0.4, -0.2) is 63.1 Å². The van der Waals surface area contributed by atoms with E-state index in [-0.39, 0.29) is 29.6 Å². The molecule has 172 valence electrons. The van der Waals surface area contributed by atoms with Crippen LogP contribution in [0.5, 0.6) is 0 Å². The molecule has 2 aromatic heterocycles. The number of nitrogens with zero attached hydrogens (tertiary/aromatic N) is 4. The second-order valence-electron chi connectivity index (χ2n) is 8.40. The van der Waals surface area contributed by atoms with Gasteiger partial charge in [0.15, 0.2) is 0 Å². The molecule has 0 bridgehead atoms. The van der Waals surface area contributed by atoms with Crippen LogP contribution in [0.25, 0.3) is 0 Å². The number of aliphatic hydroxyl groups excluding tert-OH is 1. The van der Waals surface area contributed by atoms with Crippen LogP contribution in [0.2, 0.25) is 0 Å². The fourth-order valence-corrected chi connectivity index (χ4v) is 5.18. The molecule has 3 aromatic rings. The second kappa shape index (κ2) is 9.41. The van der Waals surface area contributed by atoms with Crippen molar-refractivity contribution in [1.29, 1.82) is 0 Å². The van der Waals surface area contributed by atoms with Gasteiger partial charge in [-0.1, -0.05) is 30.3 Å². The first-order valence-electron chi connectivity index (χ1n) is 10.7. The van der Waals surface area contributed by atoms with Gasteiger partial charge in [0.1, 0.15) is 5.69 Å². The van der Waals surface area contributed by atoms with Crippen molar-refractivity contribution in [3.63, 3.8) is 0 Å². The van der Waals surface area contributed by atoms with E-state index in [4.69, 9.17) is 9.90 Å². The van der Waals surface area contributed by atoms with Crippen molar-refractivity contribution in [1.82, 2.24) is 20.1 Å². The Morgan fingerprint density at radius 1 is 1.21 bits per heavy atom. The third-order valence-corrected chi connectivity index (χ3v) is 6.66. The van der Waals surface area contributed by atoms with E-state index in [0.29, 0.717) is 18.8 Å². The van der Waals surface area contributed by atoms with Crippen molar-refractivity contribution in [3.05, 3.63) is 78.4 Å². The molecule has 0 radical (unpaired) electrons. The molecule has 1 aromatic carbocycles. The van der Waals surface area contributed by atoms with Gasteiger partial charge in [-0.2, -0.15) is 5.10 Å². The summed E-state index contributed by atoms with van der Waals surface area (Å²) in [6.07, 6.45) is 4.85. The summed E-state index contributed by atoms with van der Waals surface area (Å²) in [7, 11) is 1.79. The summed E-state index contributed by atoms with van der Waals surface area (Å²) in [5.41, 5.74) is 2.41. The number of carbonyl (C=O) groups is 2. The SMILES string of the molecule is Cn1ccc(C(=O)NC[C@@H]2[C@@H](c3ccccc3)[C@]23CN(c2ccncc2)C[C@H]3O)n1.O=CO. The first kappa shape index (κ1) is 22.5. The van der Waals surface area contributed by atoms with Gasteiger partial charge in [0, 0.05) is 56.4 Å². The van der Waals surface area contributed by atoms with Gasteiger partial charge >= 0.3 is 0 Å². The number of pyridine rings is 1. The molecule has 2 fully saturated rings. The van der Waals surface area contributed by atoms with Gasteiger partial charge in [0.25, 0.3) is 12.4 Å². The first-order valence-corrected chi connectivity index (χ1v) is 10.7. The van der Waals surface area contributed by atoms with E-state index in [1.807, 2.05) is 30.3 Å². The summed E-state index contributed by atoms with van der Waals surface area (Å²) in [4.78, 5) is 27.2. The highest BCUT2D eigenvalue weighted by Gasteiger charge is 2.71. The molecule has 1 aliphatic carbocycles. The highest BCUT2D eigenvalue weighted by atomic mass is 16.3. The molecular formula is C24H27N5O4. The quantitative estimate of drug-likeness (QED) is 0.505. The number of amides is 1. The van der Waals surface area contributed by atoms with Gasteiger partial charge < -0.3 is 20.4 Å². The van der Waals surface area contributed by atoms with Crippen molar-refractivity contribution >= 4 is 18.1 Å². The van der Waals surface area contributed by atoms with Crippen LogP contribution in [-0.2, 0) is 11.8 Å². The van der Waals surface area contributed by atoms with Crippen LogP contribution in [0.4, 0.5) is 5.69 Å². The van der Waals surface area contributed by atoms with Crippen molar-refractivity contribution < 1.29 is 19.8 Å². The minimum absolute atomic E-state index is 0.161. The average molecular weight is 450 g/mol. The largest absolute Gasteiger partial charge is 0.483 e.